The van der Waals surface area contributed by atoms with Gasteiger partial charge in [-0.3, -0.25) is 0 Å². The summed E-state index contributed by atoms with van der Waals surface area (Å²) in [4.78, 5) is 0. The number of thiocarbonyl (C=S) groups is 1. The Kier molecular flexibility index (Phi) is 5.87. The van der Waals surface area contributed by atoms with Gasteiger partial charge in [-0.15, -0.1) is 13.2 Å². The van der Waals surface area contributed by atoms with Crippen LogP contribution in [0.15, 0.2) is 42.5 Å². The first-order valence-corrected chi connectivity index (χ1v) is 7.53. The van der Waals surface area contributed by atoms with Crippen LogP contribution in [-0.2, 0) is 6.18 Å². The third-order valence-electron chi connectivity index (χ3n) is 2.88. The van der Waals surface area contributed by atoms with Crippen LogP contribution in [-0.4, -0.2) is 11.5 Å². The smallest absolute Gasteiger partial charge is 0.406 e. The normalized spacial score (nSPS) is 11.8. The number of alkyl halides is 6. The van der Waals surface area contributed by atoms with Gasteiger partial charge in [0, 0.05) is 10.7 Å². The Balaban J connectivity index is 2.08. The molecule has 0 heterocycles. The Hall–Kier alpha value is -2.20. The van der Waals surface area contributed by atoms with E-state index in [9.17, 15) is 26.3 Å². The second-order valence-corrected chi connectivity index (χ2v) is 5.68. The summed E-state index contributed by atoms with van der Waals surface area (Å²) in [5.41, 5.74) is -1.08. The number of benzene rings is 2. The van der Waals surface area contributed by atoms with E-state index in [4.69, 9.17) is 23.8 Å². The van der Waals surface area contributed by atoms with Gasteiger partial charge < -0.3 is 15.4 Å². The first-order valence-electron chi connectivity index (χ1n) is 6.74. The van der Waals surface area contributed by atoms with Crippen molar-refractivity contribution in [2.24, 2.45) is 0 Å². The van der Waals surface area contributed by atoms with E-state index in [1.54, 1.807) is 0 Å². The first kappa shape index (κ1) is 20.1. The molecule has 0 amide bonds. The van der Waals surface area contributed by atoms with E-state index < -0.39 is 23.9 Å². The Morgan fingerprint density at radius 1 is 0.923 bits per heavy atom. The van der Waals surface area contributed by atoms with Gasteiger partial charge >= 0.3 is 12.5 Å². The minimum Gasteiger partial charge on any atom is -0.406 e. The maximum Gasteiger partial charge on any atom is 0.573 e. The van der Waals surface area contributed by atoms with E-state index in [1.165, 1.54) is 18.2 Å². The minimum absolute atomic E-state index is 0.0954. The van der Waals surface area contributed by atoms with Crippen LogP contribution in [0.5, 0.6) is 5.75 Å². The van der Waals surface area contributed by atoms with Crippen molar-refractivity contribution in [3.8, 4) is 5.75 Å². The highest BCUT2D eigenvalue weighted by Gasteiger charge is 2.34. The van der Waals surface area contributed by atoms with Crippen molar-refractivity contribution in [3.05, 3.63) is 53.1 Å². The zero-order valence-corrected chi connectivity index (χ0v) is 14.1. The molecule has 0 fully saturated rings. The number of hydrogen-bond acceptors (Lipinski definition) is 2. The zero-order chi connectivity index (χ0) is 19.5. The molecule has 0 unspecified atom stereocenters. The molecular formula is C15H9ClF6N2OS. The number of rotatable bonds is 3. The van der Waals surface area contributed by atoms with E-state index in [0.29, 0.717) is 0 Å². The van der Waals surface area contributed by atoms with Crippen LogP contribution in [0.3, 0.4) is 0 Å². The maximum atomic E-state index is 13.0. The second-order valence-electron chi connectivity index (χ2n) is 4.84. The van der Waals surface area contributed by atoms with Crippen molar-refractivity contribution >= 4 is 40.3 Å². The SMILES string of the molecule is FC(F)(F)Oc1ccc(NC(=S)Nc2ccc(Cl)cc2C(F)(F)F)cc1. The predicted octanol–water partition coefficient (Wildman–Crippen LogP) is 6.07. The van der Waals surface area contributed by atoms with Crippen molar-refractivity contribution in [1.82, 2.24) is 0 Å². The summed E-state index contributed by atoms with van der Waals surface area (Å²) in [5.74, 6) is -0.445. The lowest BCUT2D eigenvalue weighted by Crippen LogP contribution is -2.21. The van der Waals surface area contributed by atoms with Crippen molar-refractivity contribution in [1.29, 1.82) is 0 Å². The highest BCUT2D eigenvalue weighted by atomic mass is 35.5. The minimum atomic E-state index is -4.83. The van der Waals surface area contributed by atoms with Gasteiger partial charge in [0.15, 0.2) is 5.11 Å². The number of anilines is 2. The summed E-state index contributed by atoms with van der Waals surface area (Å²) in [6, 6.07) is 7.62. The molecule has 0 saturated carbocycles. The predicted molar refractivity (Wildman–Crippen MR) is 89.4 cm³/mol. The average molecular weight is 415 g/mol. The molecule has 0 bridgehead atoms. The first-order chi connectivity index (χ1) is 11.9. The summed E-state index contributed by atoms with van der Waals surface area (Å²) < 4.78 is 79.0. The quantitative estimate of drug-likeness (QED) is 0.472. The Labute approximate surface area is 153 Å². The number of halogens is 7. The Morgan fingerprint density at radius 3 is 2.08 bits per heavy atom. The van der Waals surface area contributed by atoms with Crippen molar-refractivity contribution in [2.45, 2.75) is 12.5 Å². The second kappa shape index (κ2) is 7.58. The third kappa shape index (κ3) is 5.95. The van der Waals surface area contributed by atoms with Gasteiger partial charge in [-0.25, -0.2) is 0 Å². The molecule has 0 radical (unpaired) electrons. The molecule has 3 nitrogen and oxygen atoms in total. The van der Waals surface area contributed by atoms with E-state index >= 15 is 0 Å². The molecule has 2 rings (SSSR count). The van der Waals surface area contributed by atoms with E-state index in [0.717, 1.165) is 24.3 Å². The molecule has 0 saturated heterocycles. The largest absolute Gasteiger partial charge is 0.573 e. The van der Waals surface area contributed by atoms with Gasteiger partial charge in [-0.2, -0.15) is 13.2 Å². The topological polar surface area (TPSA) is 33.3 Å². The molecule has 140 valence electrons. The fourth-order valence-electron chi connectivity index (χ4n) is 1.88. The summed E-state index contributed by atoms with van der Waals surface area (Å²) in [6.07, 6.45) is -9.48. The lowest BCUT2D eigenvalue weighted by atomic mass is 10.1. The Bertz CT molecular complexity index is 792. The van der Waals surface area contributed by atoms with Gasteiger partial charge in [0.1, 0.15) is 5.75 Å². The summed E-state index contributed by atoms with van der Waals surface area (Å²) in [6.45, 7) is 0. The summed E-state index contributed by atoms with van der Waals surface area (Å²) >= 11 is 10.5. The summed E-state index contributed by atoms with van der Waals surface area (Å²) in [5, 5.41) is 4.65. The van der Waals surface area contributed by atoms with E-state index in [1.807, 2.05) is 0 Å². The highest BCUT2D eigenvalue weighted by Crippen LogP contribution is 2.36. The molecule has 0 aromatic heterocycles. The van der Waals surface area contributed by atoms with Crippen LogP contribution in [0.1, 0.15) is 5.56 Å². The van der Waals surface area contributed by atoms with Crippen molar-refractivity contribution in [3.63, 3.8) is 0 Å². The fraction of sp³-hybridized carbons (Fsp3) is 0.133. The molecule has 0 atom stereocenters. The molecule has 2 N–H and O–H groups in total. The fourth-order valence-corrected chi connectivity index (χ4v) is 2.28. The van der Waals surface area contributed by atoms with Crippen LogP contribution >= 0.6 is 23.8 Å². The van der Waals surface area contributed by atoms with Crippen LogP contribution < -0.4 is 15.4 Å². The molecule has 0 aliphatic heterocycles. The number of hydrogen-bond donors (Lipinski definition) is 2. The monoisotopic (exact) mass is 414 g/mol. The van der Waals surface area contributed by atoms with Gasteiger partial charge in [-0.1, -0.05) is 11.6 Å². The molecule has 11 heteroatoms. The molecule has 2 aromatic carbocycles. The molecule has 2 aromatic rings. The van der Waals surface area contributed by atoms with Crippen LogP contribution in [0, 0.1) is 0 Å². The van der Waals surface area contributed by atoms with E-state index in [-0.39, 0.29) is 21.5 Å². The lowest BCUT2D eigenvalue weighted by Gasteiger charge is -2.16. The van der Waals surface area contributed by atoms with Gasteiger partial charge in [0.2, 0.25) is 0 Å². The Morgan fingerprint density at radius 2 is 1.54 bits per heavy atom. The van der Waals surface area contributed by atoms with Crippen molar-refractivity contribution in [2.75, 3.05) is 10.6 Å². The molecule has 0 spiro atoms. The lowest BCUT2D eigenvalue weighted by molar-refractivity contribution is -0.274. The molecule has 0 aliphatic carbocycles. The maximum absolute atomic E-state index is 13.0. The van der Waals surface area contributed by atoms with Crippen molar-refractivity contribution < 1.29 is 31.1 Å². The molecule has 0 aliphatic rings. The van der Waals surface area contributed by atoms with E-state index in [2.05, 4.69) is 15.4 Å². The van der Waals surface area contributed by atoms with Gasteiger partial charge in [0.05, 0.1) is 11.3 Å². The third-order valence-corrected chi connectivity index (χ3v) is 3.32. The average Bonchev–Trinajstić information content (AvgIpc) is 2.48. The molecule has 26 heavy (non-hydrogen) atoms. The highest BCUT2D eigenvalue weighted by molar-refractivity contribution is 7.80. The van der Waals surface area contributed by atoms with Gasteiger partial charge in [0.25, 0.3) is 0 Å². The standard InChI is InChI=1S/C15H9ClF6N2OS/c16-8-1-6-12(11(7-8)14(17,18)19)24-13(26)23-9-2-4-10(5-3-9)25-15(20,21)22/h1-7H,(H2,23,24,26). The van der Waals surface area contributed by atoms with Crippen LogP contribution in [0.25, 0.3) is 0 Å². The van der Waals surface area contributed by atoms with Crippen LogP contribution in [0.2, 0.25) is 5.02 Å². The summed E-state index contributed by atoms with van der Waals surface area (Å²) in [7, 11) is 0. The number of nitrogens with one attached hydrogen (secondary N) is 2. The van der Waals surface area contributed by atoms with Gasteiger partial charge in [-0.05, 0) is 54.7 Å². The van der Waals surface area contributed by atoms with Crippen LogP contribution in [0.4, 0.5) is 37.7 Å². The zero-order valence-electron chi connectivity index (χ0n) is 12.5. The number of ether oxygens (including phenoxy) is 1. The molecular weight excluding hydrogens is 406 g/mol.